The molecule has 0 atom stereocenters. The van der Waals surface area contributed by atoms with Crippen molar-refractivity contribution in [3.63, 3.8) is 0 Å². The largest absolute Gasteiger partial charge is 0.329 e. The van der Waals surface area contributed by atoms with Crippen molar-refractivity contribution in [2.24, 2.45) is 5.73 Å². The van der Waals surface area contributed by atoms with Crippen LogP contribution in [-0.2, 0) is 13.0 Å². The van der Waals surface area contributed by atoms with Crippen molar-refractivity contribution in [1.82, 2.24) is 19.7 Å². The number of pyridine rings is 1. The van der Waals surface area contributed by atoms with Gasteiger partial charge in [0.15, 0.2) is 5.82 Å². The second-order valence-electron chi connectivity index (χ2n) is 6.79. The molecule has 0 saturated heterocycles. The molecule has 172 valence electrons. The summed E-state index contributed by atoms with van der Waals surface area (Å²) < 4.78 is 2.10. The number of aromatic nitrogens is 4. The number of aryl methyl sites for hydroxylation is 1. The number of allylic oxidation sites excluding steroid dienone is 3. The van der Waals surface area contributed by atoms with Crippen LogP contribution in [0.4, 0.5) is 0 Å². The molecule has 2 aromatic heterocycles. The molecule has 0 bridgehead atoms. The monoisotopic (exact) mass is 433 g/mol. The zero-order valence-corrected chi connectivity index (χ0v) is 20.2. The van der Waals surface area contributed by atoms with E-state index in [1.807, 2.05) is 19.2 Å². The van der Waals surface area contributed by atoms with Crippen molar-refractivity contribution < 1.29 is 0 Å². The van der Waals surface area contributed by atoms with E-state index in [4.69, 9.17) is 5.73 Å². The molecule has 5 heteroatoms. The number of rotatable bonds is 7. The topological polar surface area (TPSA) is 69.6 Å². The first-order valence-electron chi connectivity index (χ1n) is 11.1. The molecule has 3 aromatic rings. The van der Waals surface area contributed by atoms with E-state index in [9.17, 15) is 0 Å². The van der Waals surface area contributed by atoms with Crippen LogP contribution in [0, 0.1) is 12.8 Å². The molecule has 0 radical (unpaired) electrons. The Morgan fingerprint density at radius 3 is 2.41 bits per heavy atom. The molecule has 0 fully saturated rings. The van der Waals surface area contributed by atoms with Crippen molar-refractivity contribution >= 4 is 10.8 Å². The summed E-state index contributed by atoms with van der Waals surface area (Å²) in [6.45, 7) is 12.9. The van der Waals surface area contributed by atoms with E-state index in [1.165, 1.54) is 19.3 Å². The average molecular weight is 434 g/mol. The Hall–Kier alpha value is -3.23. The first-order chi connectivity index (χ1) is 15.7. The van der Waals surface area contributed by atoms with Crippen LogP contribution in [0.15, 0.2) is 61.5 Å². The van der Waals surface area contributed by atoms with Crippen molar-refractivity contribution in [2.45, 2.75) is 59.9 Å². The van der Waals surface area contributed by atoms with Crippen LogP contribution in [0.5, 0.6) is 0 Å². The van der Waals surface area contributed by atoms with Gasteiger partial charge in [-0.3, -0.25) is 4.98 Å². The maximum absolute atomic E-state index is 5.70. The maximum atomic E-state index is 5.70. The molecule has 5 nitrogen and oxygen atoms in total. The summed E-state index contributed by atoms with van der Waals surface area (Å²) in [7, 11) is 0. The van der Waals surface area contributed by atoms with E-state index < -0.39 is 0 Å². The highest BCUT2D eigenvalue weighted by Gasteiger charge is 2.12. The average Bonchev–Trinajstić information content (AvgIpc) is 3.24. The molecule has 0 unspecified atom stereocenters. The molecular weight excluding hydrogens is 394 g/mol. The number of hydrogen-bond donors (Lipinski definition) is 1. The molecule has 0 spiro atoms. The SMILES string of the molecule is C#C.C/C=C/CCCC.C=CC.CCc1nnc(-c2ccc3cnccc3c2)n1CCN. The predicted octanol–water partition coefficient (Wildman–Crippen LogP) is 6.21. The van der Waals surface area contributed by atoms with Crippen LogP contribution in [0.3, 0.4) is 0 Å². The summed E-state index contributed by atoms with van der Waals surface area (Å²) in [6.07, 6.45) is 22.5. The van der Waals surface area contributed by atoms with Crippen molar-refractivity contribution in [3.05, 3.63) is 67.3 Å². The highest BCUT2D eigenvalue weighted by Crippen LogP contribution is 2.23. The molecule has 32 heavy (non-hydrogen) atoms. The molecule has 0 amide bonds. The predicted molar refractivity (Wildman–Crippen MR) is 139 cm³/mol. The Balaban J connectivity index is 0.000000674. The zero-order chi connectivity index (χ0) is 24.2. The maximum Gasteiger partial charge on any atom is 0.164 e. The lowest BCUT2D eigenvalue weighted by atomic mass is 10.1. The summed E-state index contributed by atoms with van der Waals surface area (Å²) in [4.78, 5) is 4.13. The Kier molecular flexibility index (Phi) is 16.7. The molecule has 2 N–H and O–H groups in total. The van der Waals surface area contributed by atoms with E-state index >= 15 is 0 Å². The third-order valence-electron chi connectivity index (χ3n) is 4.36. The van der Waals surface area contributed by atoms with Crippen LogP contribution >= 0.6 is 0 Å². The van der Waals surface area contributed by atoms with Gasteiger partial charge in [-0.1, -0.05) is 57.0 Å². The standard InChI is InChI=1S/C15H17N5.C7H14.C3H6.C2H2/c1-2-14-18-19-15(20(14)8-6-16)12-3-4-13-10-17-7-5-11(13)9-12;1-3-5-7-6-4-2;1-3-2;1-2/h3-5,7,9-10H,2,6,8,16H2,1H3;3,5H,4,6-7H2,1-2H3;3H,1H2,2H3;1-2H/b;5-3+;;. The van der Waals surface area contributed by atoms with Gasteiger partial charge in [-0.05, 0) is 37.8 Å². The van der Waals surface area contributed by atoms with Crippen LogP contribution in [-0.4, -0.2) is 26.3 Å². The Labute approximate surface area is 194 Å². The van der Waals surface area contributed by atoms with Gasteiger partial charge in [-0.2, -0.15) is 0 Å². The molecule has 2 heterocycles. The van der Waals surface area contributed by atoms with Crippen LogP contribution in [0.1, 0.15) is 52.8 Å². The second kappa shape index (κ2) is 18.5. The van der Waals surface area contributed by atoms with Crippen molar-refractivity contribution in [1.29, 1.82) is 0 Å². The summed E-state index contributed by atoms with van der Waals surface area (Å²) in [5.41, 5.74) is 6.76. The fourth-order valence-corrected chi connectivity index (χ4v) is 2.89. The van der Waals surface area contributed by atoms with Crippen molar-refractivity contribution in [2.75, 3.05) is 6.54 Å². The van der Waals surface area contributed by atoms with Gasteiger partial charge >= 0.3 is 0 Å². The number of nitrogens with two attached hydrogens (primary N) is 1. The number of fused-ring (bicyclic) bond motifs is 1. The zero-order valence-electron chi connectivity index (χ0n) is 20.2. The Bertz CT molecular complexity index is 937. The highest BCUT2D eigenvalue weighted by molar-refractivity contribution is 5.85. The summed E-state index contributed by atoms with van der Waals surface area (Å²) in [6, 6.07) is 8.24. The molecule has 0 saturated carbocycles. The molecule has 1 aromatic carbocycles. The number of benzene rings is 1. The van der Waals surface area contributed by atoms with Gasteiger partial charge < -0.3 is 10.3 Å². The normalized spacial score (nSPS) is 9.72. The Morgan fingerprint density at radius 1 is 1.09 bits per heavy atom. The quantitative estimate of drug-likeness (QED) is 0.273. The molecule has 0 aliphatic heterocycles. The minimum Gasteiger partial charge on any atom is -0.329 e. The third-order valence-corrected chi connectivity index (χ3v) is 4.36. The Morgan fingerprint density at radius 2 is 1.81 bits per heavy atom. The molecule has 3 rings (SSSR count). The number of nitrogens with zero attached hydrogens (tertiary/aromatic N) is 4. The summed E-state index contributed by atoms with van der Waals surface area (Å²) >= 11 is 0. The highest BCUT2D eigenvalue weighted by atomic mass is 15.3. The second-order valence-corrected chi connectivity index (χ2v) is 6.79. The van der Waals surface area contributed by atoms with E-state index in [-0.39, 0.29) is 0 Å². The van der Waals surface area contributed by atoms with Gasteiger partial charge in [0.2, 0.25) is 0 Å². The van der Waals surface area contributed by atoms with Gasteiger partial charge in [0.25, 0.3) is 0 Å². The van der Waals surface area contributed by atoms with Gasteiger partial charge in [-0.25, -0.2) is 0 Å². The van der Waals surface area contributed by atoms with E-state index in [1.54, 1.807) is 12.3 Å². The smallest absolute Gasteiger partial charge is 0.164 e. The number of unbranched alkanes of at least 4 members (excludes halogenated alkanes) is 2. The summed E-state index contributed by atoms with van der Waals surface area (Å²) in [5, 5.41) is 10.9. The van der Waals surface area contributed by atoms with Gasteiger partial charge in [0, 0.05) is 42.9 Å². The number of terminal acetylenes is 1. The molecular formula is C27H39N5. The van der Waals surface area contributed by atoms with Gasteiger partial charge in [0.1, 0.15) is 5.82 Å². The minimum atomic E-state index is 0.579. The number of hydrogen-bond acceptors (Lipinski definition) is 4. The van der Waals surface area contributed by atoms with Gasteiger partial charge in [-0.15, -0.1) is 29.6 Å². The summed E-state index contributed by atoms with van der Waals surface area (Å²) in [5.74, 6) is 1.85. The van der Waals surface area contributed by atoms with Crippen LogP contribution < -0.4 is 5.73 Å². The molecule has 0 aliphatic carbocycles. The first-order valence-corrected chi connectivity index (χ1v) is 11.1. The third kappa shape index (κ3) is 9.72. The lowest BCUT2D eigenvalue weighted by molar-refractivity contribution is 0.672. The van der Waals surface area contributed by atoms with Gasteiger partial charge in [0.05, 0.1) is 0 Å². The fraction of sp³-hybridized carbons (Fsp3) is 0.370. The van der Waals surface area contributed by atoms with E-state index in [0.717, 1.165) is 41.0 Å². The van der Waals surface area contributed by atoms with E-state index in [2.05, 4.69) is 90.3 Å². The lowest BCUT2D eigenvalue weighted by Gasteiger charge is -2.08. The van der Waals surface area contributed by atoms with Crippen LogP contribution in [0.25, 0.3) is 22.2 Å². The van der Waals surface area contributed by atoms with Crippen LogP contribution in [0.2, 0.25) is 0 Å². The van der Waals surface area contributed by atoms with Crippen molar-refractivity contribution in [3.8, 4) is 24.2 Å². The molecule has 0 aliphatic rings. The van der Waals surface area contributed by atoms with E-state index in [0.29, 0.717) is 6.54 Å². The fourth-order valence-electron chi connectivity index (χ4n) is 2.89. The first kappa shape index (κ1) is 28.8. The lowest BCUT2D eigenvalue weighted by Crippen LogP contribution is -2.13. The minimum absolute atomic E-state index is 0.579.